The molecule has 2 aromatic heterocycles. The molecule has 3 aromatic rings. The second kappa shape index (κ2) is 8.26. The van der Waals surface area contributed by atoms with Crippen molar-refractivity contribution >= 4 is 29.3 Å². The van der Waals surface area contributed by atoms with Crippen molar-refractivity contribution in [3.8, 4) is 5.69 Å². The van der Waals surface area contributed by atoms with Gasteiger partial charge in [-0.25, -0.2) is 14.2 Å². The van der Waals surface area contributed by atoms with Crippen LogP contribution in [0.2, 0.25) is 5.15 Å². The van der Waals surface area contributed by atoms with Crippen LogP contribution in [0.25, 0.3) is 5.69 Å². The Hall–Kier alpha value is -3.13. The molecule has 0 saturated carbocycles. The van der Waals surface area contributed by atoms with E-state index in [4.69, 9.17) is 16.3 Å². The molecule has 0 aliphatic rings. The fraction of sp³-hybridized carbons (Fsp3) is 0.263. The van der Waals surface area contributed by atoms with Crippen LogP contribution in [-0.4, -0.2) is 38.0 Å². The van der Waals surface area contributed by atoms with Crippen molar-refractivity contribution in [1.82, 2.24) is 19.6 Å². The van der Waals surface area contributed by atoms with Gasteiger partial charge < -0.3 is 10.1 Å². The summed E-state index contributed by atoms with van der Waals surface area (Å²) in [5, 5.41) is 11.2. The van der Waals surface area contributed by atoms with E-state index in [0.29, 0.717) is 17.2 Å². The van der Waals surface area contributed by atoms with Crippen LogP contribution in [0.5, 0.6) is 0 Å². The number of para-hydroxylation sites is 1. The Bertz CT molecular complexity index is 994. The maximum atomic E-state index is 12.5. The fourth-order valence-electron chi connectivity index (χ4n) is 2.68. The molecule has 0 bridgehead atoms. The number of anilines is 1. The van der Waals surface area contributed by atoms with E-state index in [1.165, 1.54) is 4.68 Å². The molecule has 0 spiro atoms. The van der Waals surface area contributed by atoms with Crippen LogP contribution in [0, 0.1) is 6.92 Å². The summed E-state index contributed by atoms with van der Waals surface area (Å²) in [5.74, 6) is -0.653. The van der Waals surface area contributed by atoms with Crippen molar-refractivity contribution < 1.29 is 14.3 Å². The Morgan fingerprint density at radius 2 is 1.93 bits per heavy atom. The van der Waals surface area contributed by atoms with Gasteiger partial charge in [0, 0.05) is 12.1 Å². The number of benzene rings is 1. The van der Waals surface area contributed by atoms with Crippen LogP contribution in [-0.2, 0) is 9.53 Å². The molecule has 0 saturated heterocycles. The number of aryl methyl sites for hydroxylation is 1. The summed E-state index contributed by atoms with van der Waals surface area (Å²) in [4.78, 5) is 24.6. The number of rotatable bonds is 6. The number of hydrogen-bond donors (Lipinski definition) is 1. The zero-order chi connectivity index (χ0) is 20.3. The first-order chi connectivity index (χ1) is 13.4. The average Bonchev–Trinajstić information content (AvgIpc) is 3.24. The largest absolute Gasteiger partial charge is 0.452 e. The van der Waals surface area contributed by atoms with Crippen LogP contribution >= 0.6 is 11.6 Å². The highest BCUT2D eigenvalue weighted by Crippen LogP contribution is 2.24. The molecule has 0 radical (unpaired) electrons. The summed E-state index contributed by atoms with van der Waals surface area (Å²) in [7, 11) is 0. The highest BCUT2D eigenvalue weighted by atomic mass is 35.5. The second-order valence-electron chi connectivity index (χ2n) is 6.38. The lowest BCUT2D eigenvalue weighted by molar-refractivity contribution is -0.119. The Morgan fingerprint density at radius 3 is 2.61 bits per heavy atom. The number of nitrogens with zero attached hydrogens (tertiary/aromatic N) is 4. The molecular formula is C19H20ClN5O3. The maximum absolute atomic E-state index is 12.5. The molecule has 146 valence electrons. The van der Waals surface area contributed by atoms with Gasteiger partial charge in [0.2, 0.25) is 0 Å². The number of aromatic nitrogens is 4. The molecule has 0 aliphatic heterocycles. The topological polar surface area (TPSA) is 91.0 Å². The Balaban J connectivity index is 1.68. The van der Waals surface area contributed by atoms with Gasteiger partial charge in [-0.1, -0.05) is 29.8 Å². The Morgan fingerprint density at radius 1 is 1.21 bits per heavy atom. The van der Waals surface area contributed by atoms with Gasteiger partial charge in [-0.05, 0) is 32.9 Å². The van der Waals surface area contributed by atoms with E-state index in [1.807, 2.05) is 44.2 Å². The van der Waals surface area contributed by atoms with E-state index in [-0.39, 0.29) is 16.8 Å². The molecule has 28 heavy (non-hydrogen) atoms. The summed E-state index contributed by atoms with van der Waals surface area (Å²) < 4.78 is 8.24. The van der Waals surface area contributed by atoms with Crippen molar-refractivity contribution in [2.75, 3.05) is 11.9 Å². The van der Waals surface area contributed by atoms with E-state index >= 15 is 0 Å². The molecule has 0 fully saturated rings. The zero-order valence-corrected chi connectivity index (χ0v) is 16.5. The van der Waals surface area contributed by atoms with Crippen LogP contribution < -0.4 is 5.32 Å². The van der Waals surface area contributed by atoms with E-state index in [2.05, 4.69) is 15.5 Å². The standard InChI is InChI=1S/C19H20ClN5O3/c1-12(2)24-15(9-10-21-24)22-16(26)11-28-19(27)17-13(3)23-25(18(17)20)14-7-5-4-6-8-14/h4-10,12H,11H2,1-3H3,(H,22,26). The van der Waals surface area contributed by atoms with Gasteiger partial charge in [0.15, 0.2) is 6.61 Å². The molecular weight excluding hydrogens is 382 g/mol. The van der Waals surface area contributed by atoms with Crippen LogP contribution in [0.4, 0.5) is 5.82 Å². The Kier molecular flexibility index (Phi) is 5.79. The summed E-state index contributed by atoms with van der Waals surface area (Å²) in [6.45, 7) is 5.09. The number of esters is 1. The van der Waals surface area contributed by atoms with E-state index in [1.54, 1.807) is 23.9 Å². The smallest absolute Gasteiger partial charge is 0.343 e. The highest BCUT2D eigenvalue weighted by Gasteiger charge is 2.23. The molecule has 3 rings (SSSR count). The normalized spacial score (nSPS) is 10.9. The second-order valence-corrected chi connectivity index (χ2v) is 6.74. The van der Waals surface area contributed by atoms with Gasteiger partial charge in [-0.15, -0.1) is 0 Å². The molecule has 0 unspecified atom stereocenters. The van der Waals surface area contributed by atoms with Gasteiger partial charge in [0.1, 0.15) is 16.5 Å². The van der Waals surface area contributed by atoms with Crippen LogP contribution in [0.3, 0.4) is 0 Å². The van der Waals surface area contributed by atoms with Gasteiger partial charge in [0.05, 0.1) is 17.6 Å². The molecule has 8 nitrogen and oxygen atoms in total. The number of amides is 1. The van der Waals surface area contributed by atoms with Gasteiger partial charge in [-0.3, -0.25) is 4.79 Å². The van der Waals surface area contributed by atoms with Crippen molar-refractivity contribution in [1.29, 1.82) is 0 Å². The Labute approximate surface area is 167 Å². The third-order valence-electron chi connectivity index (χ3n) is 3.97. The third kappa shape index (κ3) is 4.07. The minimum atomic E-state index is -0.711. The first-order valence-electron chi connectivity index (χ1n) is 8.69. The number of nitrogens with one attached hydrogen (secondary N) is 1. The number of halogens is 1. The molecule has 1 N–H and O–H groups in total. The summed E-state index contributed by atoms with van der Waals surface area (Å²) in [6, 6.07) is 10.9. The lowest BCUT2D eigenvalue weighted by Gasteiger charge is -2.11. The number of carbonyl (C=O) groups is 2. The fourth-order valence-corrected chi connectivity index (χ4v) is 3.03. The number of ether oxygens (including phenoxy) is 1. The molecule has 0 atom stereocenters. The predicted molar refractivity (Wildman–Crippen MR) is 105 cm³/mol. The van der Waals surface area contributed by atoms with Crippen molar-refractivity contribution in [3.63, 3.8) is 0 Å². The SMILES string of the molecule is Cc1nn(-c2ccccc2)c(Cl)c1C(=O)OCC(=O)Nc1ccnn1C(C)C. The van der Waals surface area contributed by atoms with Gasteiger partial charge >= 0.3 is 5.97 Å². The average molecular weight is 402 g/mol. The van der Waals surface area contributed by atoms with E-state index < -0.39 is 18.5 Å². The third-order valence-corrected chi connectivity index (χ3v) is 4.32. The summed E-state index contributed by atoms with van der Waals surface area (Å²) >= 11 is 6.33. The minimum absolute atomic E-state index is 0.0816. The first-order valence-corrected chi connectivity index (χ1v) is 9.07. The van der Waals surface area contributed by atoms with Crippen molar-refractivity contribution in [2.24, 2.45) is 0 Å². The van der Waals surface area contributed by atoms with Crippen molar-refractivity contribution in [3.05, 3.63) is 59.0 Å². The monoisotopic (exact) mass is 401 g/mol. The molecule has 9 heteroatoms. The number of hydrogen-bond acceptors (Lipinski definition) is 5. The molecule has 1 aromatic carbocycles. The lowest BCUT2D eigenvalue weighted by atomic mass is 10.2. The summed E-state index contributed by atoms with van der Waals surface area (Å²) in [5.41, 5.74) is 1.26. The summed E-state index contributed by atoms with van der Waals surface area (Å²) in [6.07, 6.45) is 1.59. The van der Waals surface area contributed by atoms with Crippen molar-refractivity contribution in [2.45, 2.75) is 26.8 Å². The van der Waals surface area contributed by atoms with E-state index in [0.717, 1.165) is 0 Å². The van der Waals surface area contributed by atoms with E-state index in [9.17, 15) is 9.59 Å². The maximum Gasteiger partial charge on any atom is 0.343 e. The zero-order valence-electron chi connectivity index (χ0n) is 15.7. The molecule has 1 amide bonds. The highest BCUT2D eigenvalue weighted by molar-refractivity contribution is 6.33. The minimum Gasteiger partial charge on any atom is -0.452 e. The van der Waals surface area contributed by atoms with Gasteiger partial charge in [-0.2, -0.15) is 10.2 Å². The lowest BCUT2D eigenvalue weighted by Crippen LogP contribution is -2.23. The number of carbonyl (C=O) groups excluding carboxylic acids is 2. The quantitative estimate of drug-likeness (QED) is 0.639. The molecule has 2 heterocycles. The van der Waals surface area contributed by atoms with Gasteiger partial charge in [0.25, 0.3) is 5.91 Å². The first kappa shape index (κ1) is 19.6. The predicted octanol–water partition coefficient (Wildman–Crippen LogP) is 3.41. The van der Waals surface area contributed by atoms with Crippen LogP contribution in [0.1, 0.15) is 35.9 Å². The molecule has 0 aliphatic carbocycles. The van der Waals surface area contributed by atoms with Crippen LogP contribution in [0.15, 0.2) is 42.6 Å².